The molecule has 3 aromatic rings. The maximum Gasteiger partial charge on any atom is 0.422 e. The van der Waals surface area contributed by atoms with Gasteiger partial charge in [0.15, 0.2) is 11.9 Å². The number of fused-ring (bicyclic) bond motifs is 2. The summed E-state index contributed by atoms with van der Waals surface area (Å²) in [6, 6.07) is 7.64. The predicted molar refractivity (Wildman–Crippen MR) is 131 cm³/mol. The van der Waals surface area contributed by atoms with Crippen LogP contribution in [0.5, 0.6) is 0 Å². The number of aromatic nitrogens is 4. The predicted octanol–water partition coefficient (Wildman–Crippen LogP) is 3.12. The van der Waals surface area contributed by atoms with Crippen molar-refractivity contribution in [1.29, 1.82) is 0 Å². The highest BCUT2D eigenvalue weighted by Crippen LogP contribution is 2.48. The van der Waals surface area contributed by atoms with Gasteiger partial charge in [-0.05, 0) is 48.4 Å². The third-order valence-electron chi connectivity index (χ3n) is 8.02. The molecule has 3 aliphatic rings. The first-order valence-electron chi connectivity index (χ1n) is 12.6. The number of carbonyl (C=O) groups is 1. The van der Waals surface area contributed by atoms with Gasteiger partial charge >= 0.3 is 12.1 Å². The van der Waals surface area contributed by atoms with Crippen LogP contribution in [0.15, 0.2) is 36.5 Å². The Morgan fingerprint density at radius 1 is 1.18 bits per heavy atom. The Balaban J connectivity index is 1.31. The van der Waals surface area contributed by atoms with E-state index in [1.54, 1.807) is 18.2 Å². The molecule has 1 aromatic carbocycles. The number of anilines is 1. The third-order valence-corrected chi connectivity index (χ3v) is 8.19. The van der Waals surface area contributed by atoms with Crippen molar-refractivity contribution >= 4 is 34.4 Å². The molecule has 3 fully saturated rings. The normalized spacial score (nSPS) is 30.7. The van der Waals surface area contributed by atoms with Crippen LogP contribution < -0.4 is 4.90 Å². The first-order valence-corrected chi connectivity index (χ1v) is 13.0. The molecule has 4 heterocycles. The summed E-state index contributed by atoms with van der Waals surface area (Å²) >= 11 is 6.21. The second-order valence-electron chi connectivity index (χ2n) is 10.2. The van der Waals surface area contributed by atoms with Gasteiger partial charge in [-0.3, -0.25) is 0 Å². The lowest BCUT2D eigenvalue weighted by atomic mass is 9.91. The summed E-state index contributed by atoms with van der Waals surface area (Å²) in [6.45, 7) is 0.557. The van der Waals surface area contributed by atoms with E-state index in [1.165, 1.54) is 24.8 Å². The lowest BCUT2D eigenvalue weighted by molar-refractivity contribution is -0.296. The minimum atomic E-state index is -5.33. The Morgan fingerprint density at radius 3 is 2.54 bits per heavy atom. The molecule has 6 rings (SSSR count). The van der Waals surface area contributed by atoms with Crippen molar-refractivity contribution in [3.8, 4) is 0 Å². The van der Waals surface area contributed by atoms with Crippen LogP contribution >= 0.6 is 11.6 Å². The second-order valence-corrected chi connectivity index (χ2v) is 10.6. The number of aliphatic hydroxyl groups excluding tert-OH is 1. The molecule has 14 heteroatoms. The highest BCUT2D eigenvalue weighted by atomic mass is 35.5. The second kappa shape index (κ2) is 9.58. The highest BCUT2D eigenvalue weighted by molar-refractivity contribution is 6.28. The van der Waals surface area contributed by atoms with E-state index in [0.29, 0.717) is 23.0 Å². The van der Waals surface area contributed by atoms with Crippen LogP contribution in [-0.2, 0) is 9.47 Å². The van der Waals surface area contributed by atoms with E-state index in [9.17, 15) is 28.2 Å². The zero-order chi connectivity index (χ0) is 27.5. The van der Waals surface area contributed by atoms with Gasteiger partial charge in [0, 0.05) is 13.1 Å². The fourth-order valence-electron chi connectivity index (χ4n) is 5.99. The maximum absolute atomic E-state index is 14.2. The van der Waals surface area contributed by atoms with Crippen molar-refractivity contribution in [2.24, 2.45) is 11.8 Å². The van der Waals surface area contributed by atoms with E-state index >= 15 is 0 Å². The molecule has 0 bridgehead atoms. The van der Waals surface area contributed by atoms with Crippen molar-refractivity contribution < 1.29 is 37.7 Å². The van der Waals surface area contributed by atoms with Gasteiger partial charge in [0.1, 0.15) is 24.6 Å². The number of halogens is 4. The molecule has 2 aliphatic heterocycles. The lowest BCUT2D eigenvalue weighted by Crippen LogP contribution is -2.60. The van der Waals surface area contributed by atoms with Crippen LogP contribution in [0, 0.1) is 11.8 Å². The number of esters is 1. The fourth-order valence-corrected chi connectivity index (χ4v) is 6.15. The molecule has 2 aromatic heterocycles. The molecule has 6 atom stereocenters. The zero-order valence-corrected chi connectivity index (χ0v) is 21.2. The fraction of sp³-hybridized carbons (Fsp3) is 0.520. The van der Waals surface area contributed by atoms with E-state index < -0.39 is 42.8 Å². The number of carbonyl (C=O) groups excluding carboxylic acids is 1. The Labute approximate surface area is 225 Å². The summed E-state index contributed by atoms with van der Waals surface area (Å²) in [5.74, 6) is 0.651. The van der Waals surface area contributed by atoms with Gasteiger partial charge in [0.05, 0.1) is 17.1 Å². The molecule has 2 N–H and O–H groups in total. The van der Waals surface area contributed by atoms with E-state index in [-0.39, 0.29) is 16.5 Å². The van der Waals surface area contributed by atoms with Gasteiger partial charge in [-0.15, -0.1) is 0 Å². The molecule has 0 spiro atoms. The molecule has 2 saturated heterocycles. The van der Waals surface area contributed by atoms with E-state index in [1.807, 2.05) is 0 Å². The number of hydrogen-bond donors (Lipinski definition) is 2. The first kappa shape index (κ1) is 26.2. The topological polar surface area (TPSA) is 123 Å². The van der Waals surface area contributed by atoms with Crippen molar-refractivity contribution in [3.63, 3.8) is 0 Å². The van der Waals surface area contributed by atoms with Crippen LogP contribution in [0.1, 0.15) is 35.8 Å². The smallest absolute Gasteiger partial charge is 0.422 e. The monoisotopic (exact) mass is 567 g/mol. The summed E-state index contributed by atoms with van der Waals surface area (Å²) in [6.07, 6.45) is -7.02. The van der Waals surface area contributed by atoms with Gasteiger partial charge in [-0.1, -0.05) is 24.6 Å². The van der Waals surface area contributed by atoms with Gasteiger partial charge in [0.2, 0.25) is 10.9 Å². The summed E-state index contributed by atoms with van der Waals surface area (Å²) in [5.41, 5.74) is -3.62. The number of aliphatic hydroxyl groups is 2. The molecule has 1 aliphatic carbocycles. The molecule has 39 heavy (non-hydrogen) atoms. The molecular formula is C25H25ClF3N5O5. The summed E-state index contributed by atoms with van der Waals surface area (Å²) in [4.78, 5) is 22.9. The minimum absolute atomic E-state index is 0.0394. The molecular weight excluding hydrogens is 543 g/mol. The maximum atomic E-state index is 14.2. The van der Waals surface area contributed by atoms with Crippen LogP contribution in [0.3, 0.4) is 0 Å². The summed E-state index contributed by atoms with van der Waals surface area (Å²) in [7, 11) is 0. The summed E-state index contributed by atoms with van der Waals surface area (Å²) in [5, 5.41) is 26.0. The largest absolute Gasteiger partial charge is 0.459 e. The number of benzene rings is 1. The van der Waals surface area contributed by atoms with Gasteiger partial charge in [-0.25, -0.2) is 9.48 Å². The van der Waals surface area contributed by atoms with Gasteiger partial charge in [0.25, 0.3) is 0 Å². The number of rotatable bonds is 5. The molecule has 0 amide bonds. The third kappa shape index (κ3) is 4.31. The first-order chi connectivity index (χ1) is 18.6. The van der Waals surface area contributed by atoms with Gasteiger partial charge in [-0.2, -0.15) is 28.2 Å². The average molecular weight is 568 g/mol. The van der Waals surface area contributed by atoms with Crippen LogP contribution in [0.4, 0.5) is 19.0 Å². The Hall–Kier alpha value is -3.00. The summed E-state index contributed by atoms with van der Waals surface area (Å²) < 4.78 is 53.9. The molecule has 1 saturated carbocycles. The molecule has 0 radical (unpaired) electrons. The van der Waals surface area contributed by atoms with E-state index in [0.717, 1.165) is 30.6 Å². The van der Waals surface area contributed by atoms with Crippen molar-refractivity contribution in [2.75, 3.05) is 24.6 Å². The number of hydrogen-bond acceptors (Lipinski definition) is 9. The van der Waals surface area contributed by atoms with Crippen molar-refractivity contribution in [2.45, 2.75) is 49.5 Å². The molecule has 10 nitrogen and oxygen atoms in total. The number of alkyl halides is 3. The average Bonchev–Trinajstić information content (AvgIpc) is 3.66. The number of ether oxygens (including phenoxy) is 2. The SMILES string of the molecule is O=C(OC[C@H]1O[C@@H](n2ncc3c(N4C[C@H]5CCC[C@H]5C4)nc(Cl)nc32)[C@H](O)[C@@]1(O)C(F)(F)F)c1ccccc1. The zero-order valence-electron chi connectivity index (χ0n) is 20.5. The Kier molecular flexibility index (Phi) is 6.44. The minimum Gasteiger partial charge on any atom is -0.459 e. The van der Waals surface area contributed by atoms with Crippen LogP contribution in [0.2, 0.25) is 5.28 Å². The Morgan fingerprint density at radius 2 is 1.87 bits per heavy atom. The number of nitrogens with zero attached hydrogens (tertiary/aromatic N) is 5. The van der Waals surface area contributed by atoms with Crippen LogP contribution in [-0.4, -0.2) is 79.6 Å². The molecule has 0 unspecified atom stereocenters. The van der Waals surface area contributed by atoms with Crippen LogP contribution in [0.25, 0.3) is 11.0 Å². The quantitative estimate of drug-likeness (QED) is 0.353. The lowest BCUT2D eigenvalue weighted by Gasteiger charge is -2.32. The van der Waals surface area contributed by atoms with Gasteiger partial charge < -0.3 is 24.6 Å². The van der Waals surface area contributed by atoms with Crippen molar-refractivity contribution in [3.05, 3.63) is 47.4 Å². The standard InChI is InChI=1S/C25H25ClF3N5O5/c26-23-31-19(33-10-14-7-4-8-15(14)11-33)16-9-30-34(20(16)32-23)21-18(35)24(37,25(27,28)29)17(39-21)12-38-22(36)13-5-2-1-3-6-13/h1-3,5-6,9,14-15,17-18,21,35,37H,4,7-8,10-12H2/t14-,15+,17-,18+,21-,24-/m1/s1. The molecule has 208 valence electrons. The highest BCUT2D eigenvalue weighted by Gasteiger charge is 2.71. The van der Waals surface area contributed by atoms with E-state index in [2.05, 4.69) is 20.0 Å². The van der Waals surface area contributed by atoms with E-state index in [4.69, 9.17) is 21.1 Å². The Bertz CT molecular complexity index is 1380. The van der Waals surface area contributed by atoms with Crippen molar-refractivity contribution in [1.82, 2.24) is 19.7 Å².